The Kier molecular flexibility index (Phi) is 4.41. The Bertz CT molecular complexity index is 273. The van der Waals surface area contributed by atoms with E-state index in [1.807, 2.05) is 0 Å². The van der Waals surface area contributed by atoms with Gasteiger partial charge in [0.1, 0.15) is 5.51 Å². The van der Waals surface area contributed by atoms with Gasteiger partial charge in [0.05, 0.1) is 6.10 Å². The zero-order valence-corrected chi connectivity index (χ0v) is 10.3. The van der Waals surface area contributed by atoms with Crippen molar-refractivity contribution in [2.75, 3.05) is 5.75 Å². The molecule has 1 heterocycles. The molecule has 0 radical (unpaired) electrons. The second kappa shape index (κ2) is 5.82. The minimum absolute atomic E-state index is 0.179. The summed E-state index contributed by atoms with van der Waals surface area (Å²) in [4.78, 5) is 0. The van der Waals surface area contributed by atoms with E-state index in [4.69, 9.17) is 0 Å². The average Bonchev–Trinajstić information content (AvgIpc) is 2.86. The number of aromatic nitrogens is 2. The van der Waals surface area contributed by atoms with Crippen LogP contribution in [0.3, 0.4) is 0 Å². The van der Waals surface area contributed by atoms with Gasteiger partial charge in [0.15, 0.2) is 4.34 Å². The lowest BCUT2D eigenvalue weighted by Gasteiger charge is -2.13. The molecule has 3 nitrogen and oxygen atoms in total. The molecule has 0 aromatic carbocycles. The van der Waals surface area contributed by atoms with Crippen LogP contribution in [0.25, 0.3) is 0 Å². The summed E-state index contributed by atoms with van der Waals surface area (Å²) in [6.45, 7) is 0. The van der Waals surface area contributed by atoms with Crippen molar-refractivity contribution >= 4 is 23.1 Å². The fraction of sp³-hybridized carbons (Fsp3) is 0.800. The lowest BCUT2D eigenvalue weighted by Crippen LogP contribution is -2.14. The minimum Gasteiger partial charge on any atom is -0.392 e. The molecule has 1 aromatic heterocycles. The third-order valence-corrected chi connectivity index (χ3v) is 4.82. The molecule has 1 aliphatic carbocycles. The van der Waals surface area contributed by atoms with E-state index in [1.54, 1.807) is 17.3 Å². The maximum atomic E-state index is 9.84. The molecule has 1 N–H and O–H groups in total. The minimum atomic E-state index is -0.179. The van der Waals surface area contributed by atoms with Crippen LogP contribution in [0, 0.1) is 5.92 Å². The van der Waals surface area contributed by atoms with E-state index in [0.29, 0.717) is 0 Å². The number of aliphatic hydroxyl groups excluding tert-OH is 1. The first-order chi connectivity index (χ1) is 7.34. The maximum Gasteiger partial charge on any atom is 0.174 e. The number of nitrogens with zero attached hydrogens (tertiary/aromatic N) is 2. The van der Waals surface area contributed by atoms with E-state index in [1.165, 1.54) is 37.0 Å². The van der Waals surface area contributed by atoms with Crippen LogP contribution in [0.4, 0.5) is 0 Å². The van der Waals surface area contributed by atoms with Crippen LogP contribution in [-0.2, 0) is 0 Å². The Morgan fingerprint density at radius 3 is 3.00 bits per heavy atom. The molecule has 1 aliphatic rings. The van der Waals surface area contributed by atoms with E-state index in [9.17, 15) is 5.11 Å². The van der Waals surface area contributed by atoms with Crippen molar-refractivity contribution in [3.8, 4) is 0 Å². The van der Waals surface area contributed by atoms with Gasteiger partial charge in [-0.1, -0.05) is 48.8 Å². The molecule has 0 amide bonds. The van der Waals surface area contributed by atoms with Crippen LogP contribution < -0.4 is 0 Å². The molecule has 0 spiro atoms. The second-order valence-corrected chi connectivity index (χ2v) is 6.16. The lowest BCUT2D eigenvalue weighted by atomic mass is 10.0. The predicted molar refractivity (Wildman–Crippen MR) is 63.2 cm³/mol. The molecule has 1 aromatic rings. The van der Waals surface area contributed by atoms with E-state index >= 15 is 0 Å². The fourth-order valence-corrected chi connectivity index (χ4v) is 3.55. The molecular formula is C10H16N2OS2. The summed E-state index contributed by atoms with van der Waals surface area (Å²) in [6.07, 6.45) is 6.09. The van der Waals surface area contributed by atoms with Gasteiger partial charge in [-0.15, -0.1) is 10.2 Å². The number of hydrogen-bond acceptors (Lipinski definition) is 5. The van der Waals surface area contributed by atoms with Gasteiger partial charge in [-0.2, -0.15) is 0 Å². The zero-order chi connectivity index (χ0) is 10.5. The van der Waals surface area contributed by atoms with Crippen LogP contribution in [-0.4, -0.2) is 27.2 Å². The second-order valence-electron chi connectivity index (χ2n) is 4.06. The number of hydrogen-bond donors (Lipinski definition) is 1. The standard InChI is InChI=1S/C10H16N2OS2/c13-9(5-8-3-1-2-4-8)6-14-10-12-11-7-15-10/h7-9,13H,1-6H2. The molecule has 1 atom stereocenters. The molecule has 1 unspecified atom stereocenters. The van der Waals surface area contributed by atoms with Crippen molar-refractivity contribution in [2.45, 2.75) is 42.5 Å². The highest BCUT2D eigenvalue weighted by atomic mass is 32.2. The van der Waals surface area contributed by atoms with E-state index in [0.717, 1.165) is 22.4 Å². The first-order valence-electron chi connectivity index (χ1n) is 5.41. The summed E-state index contributed by atoms with van der Waals surface area (Å²) < 4.78 is 0.959. The smallest absolute Gasteiger partial charge is 0.174 e. The summed E-state index contributed by atoms with van der Waals surface area (Å²) in [5, 5.41) is 17.6. The molecule has 2 rings (SSSR count). The largest absolute Gasteiger partial charge is 0.392 e. The average molecular weight is 244 g/mol. The Hall–Kier alpha value is -0.130. The van der Waals surface area contributed by atoms with Gasteiger partial charge in [0.2, 0.25) is 0 Å². The van der Waals surface area contributed by atoms with Gasteiger partial charge in [-0.25, -0.2) is 0 Å². The third kappa shape index (κ3) is 3.74. The van der Waals surface area contributed by atoms with Crippen LogP contribution >= 0.6 is 23.1 Å². The number of aliphatic hydroxyl groups is 1. The van der Waals surface area contributed by atoms with Crippen LogP contribution in [0.2, 0.25) is 0 Å². The van der Waals surface area contributed by atoms with Crippen molar-refractivity contribution in [1.82, 2.24) is 10.2 Å². The highest BCUT2D eigenvalue weighted by Gasteiger charge is 2.19. The summed E-state index contributed by atoms with van der Waals surface area (Å²) in [6, 6.07) is 0. The Labute approximate surface area is 98.3 Å². The van der Waals surface area contributed by atoms with E-state index < -0.39 is 0 Å². The molecule has 5 heteroatoms. The Morgan fingerprint density at radius 2 is 2.33 bits per heavy atom. The summed E-state index contributed by atoms with van der Waals surface area (Å²) in [5.74, 6) is 1.51. The Balaban J connectivity index is 1.66. The normalized spacial score (nSPS) is 19.5. The number of rotatable bonds is 5. The van der Waals surface area contributed by atoms with E-state index in [2.05, 4.69) is 10.2 Å². The van der Waals surface area contributed by atoms with Gasteiger partial charge in [-0.3, -0.25) is 0 Å². The topological polar surface area (TPSA) is 46.0 Å². The third-order valence-electron chi connectivity index (χ3n) is 2.82. The molecule has 1 fully saturated rings. The molecule has 0 bridgehead atoms. The highest BCUT2D eigenvalue weighted by molar-refractivity contribution is 8.01. The van der Waals surface area contributed by atoms with Crippen molar-refractivity contribution in [3.63, 3.8) is 0 Å². The summed E-state index contributed by atoms with van der Waals surface area (Å²) >= 11 is 3.15. The molecule has 84 valence electrons. The van der Waals surface area contributed by atoms with Crippen molar-refractivity contribution in [2.24, 2.45) is 5.92 Å². The summed E-state index contributed by atoms with van der Waals surface area (Å²) in [5.41, 5.74) is 1.73. The van der Waals surface area contributed by atoms with Crippen molar-refractivity contribution < 1.29 is 5.11 Å². The highest BCUT2D eigenvalue weighted by Crippen LogP contribution is 2.30. The predicted octanol–water partition coefficient (Wildman–Crippen LogP) is 2.57. The van der Waals surface area contributed by atoms with Gasteiger partial charge in [-0.05, 0) is 12.3 Å². The van der Waals surface area contributed by atoms with Gasteiger partial charge in [0, 0.05) is 5.75 Å². The molecule has 0 aliphatic heterocycles. The fourth-order valence-electron chi connectivity index (χ4n) is 2.09. The monoisotopic (exact) mass is 244 g/mol. The van der Waals surface area contributed by atoms with E-state index in [-0.39, 0.29) is 6.10 Å². The van der Waals surface area contributed by atoms with Crippen LogP contribution in [0.15, 0.2) is 9.85 Å². The molecule has 1 saturated carbocycles. The SMILES string of the molecule is OC(CSc1nncs1)CC1CCCC1. The zero-order valence-electron chi connectivity index (χ0n) is 8.63. The number of thioether (sulfide) groups is 1. The molecular weight excluding hydrogens is 228 g/mol. The van der Waals surface area contributed by atoms with Crippen molar-refractivity contribution in [3.05, 3.63) is 5.51 Å². The molecule has 0 saturated heterocycles. The van der Waals surface area contributed by atoms with Crippen LogP contribution in [0.5, 0.6) is 0 Å². The van der Waals surface area contributed by atoms with Crippen molar-refractivity contribution in [1.29, 1.82) is 0 Å². The quantitative estimate of drug-likeness (QED) is 0.809. The first kappa shape index (κ1) is 11.4. The molecule has 15 heavy (non-hydrogen) atoms. The summed E-state index contributed by atoms with van der Waals surface area (Å²) in [7, 11) is 0. The van der Waals surface area contributed by atoms with Gasteiger partial charge >= 0.3 is 0 Å². The van der Waals surface area contributed by atoms with Gasteiger partial charge in [0.25, 0.3) is 0 Å². The Morgan fingerprint density at radius 1 is 1.53 bits per heavy atom. The lowest BCUT2D eigenvalue weighted by molar-refractivity contribution is 0.166. The first-order valence-corrected chi connectivity index (χ1v) is 7.28. The van der Waals surface area contributed by atoms with Crippen LogP contribution in [0.1, 0.15) is 32.1 Å². The maximum absolute atomic E-state index is 9.84. The van der Waals surface area contributed by atoms with Gasteiger partial charge < -0.3 is 5.11 Å².